The Balaban J connectivity index is 2.06. The van der Waals surface area contributed by atoms with Gasteiger partial charge in [-0.15, -0.1) is 0 Å². The molecule has 1 saturated heterocycles. The second-order valence-corrected chi connectivity index (χ2v) is 6.24. The molecule has 0 spiro atoms. The molecule has 0 saturated carbocycles. The Morgan fingerprint density at radius 2 is 2.00 bits per heavy atom. The molecule has 2 N–H and O–H groups in total. The predicted octanol–water partition coefficient (Wildman–Crippen LogP) is 1.94. The van der Waals surface area contributed by atoms with Crippen molar-refractivity contribution in [2.75, 3.05) is 6.54 Å². The second kappa shape index (κ2) is 5.33. The van der Waals surface area contributed by atoms with Crippen molar-refractivity contribution >= 4 is 27.7 Å². The van der Waals surface area contributed by atoms with Crippen LogP contribution in [-0.4, -0.2) is 18.4 Å². The lowest BCUT2D eigenvalue weighted by atomic mass is 9.93. The second-order valence-electron chi connectivity index (χ2n) is 5.33. The third-order valence-corrected chi connectivity index (χ3v) is 3.88. The molecule has 0 bridgehead atoms. The van der Waals surface area contributed by atoms with Crippen molar-refractivity contribution in [1.82, 2.24) is 10.6 Å². The summed E-state index contributed by atoms with van der Waals surface area (Å²) in [4.78, 5) is 23.3. The van der Waals surface area contributed by atoms with Crippen LogP contribution < -0.4 is 10.6 Å². The Kier molecular flexibility index (Phi) is 3.94. The summed E-state index contributed by atoms with van der Waals surface area (Å²) in [6.07, 6.45) is 0.280. The molecule has 0 radical (unpaired) electrons. The summed E-state index contributed by atoms with van der Waals surface area (Å²) in [6.45, 7) is 4.35. The summed E-state index contributed by atoms with van der Waals surface area (Å²) in [7, 11) is 0. The summed E-state index contributed by atoms with van der Waals surface area (Å²) >= 11 is 3.39. The van der Waals surface area contributed by atoms with Crippen LogP contribution in [0, 0.1) is 5.92 Å². The summed E-state index contributed by atoms with van der Waals surface area (Å²) in [6, 6.07) is 7.85. The highest BCUT2D eigenvalue weighted by Gasteiger charge is 2.31. The molecule has 1 atom stereocenters. The van der Waals surface area contributed by atoms with Gasteiger partial charge in [0.05, 0.1) is 11.5 Å². The third kappa shape index (κ3) is 3.35. The molecule has 1 unspecified atom stereocenters. The van der Waals surface area contributed by atoms with E-state index >= 15 is 0 Å². The SMILES string of the molecule is CC(C)(NC(=O)C1CNC(=O)C1)c1ccc(Br)cc1. The topological polar surface area (TPSA) is 58.2 Å². The van der Waals surface area contributed by atoms with Gasteiger partial charge in [0.1, 0.15) is 0 Å². The van der Waals surface area contributed by atoms with Gasteiger partial charge in [0, 0.05) is 17.4 Å². The number of carbonyl (C=O) groups excluding carboxylic acids is 2. The molecule has 0 aliphatic carbocycles. The molecule has 1 aromatic rings. The molecular weight excluding hydrogens is 308 g/mol. The first-order chi connectivity index (χ1) is 8.88. The number of amides is 2. The average molecular weight is 325 g/mol. The van der Waals surface area contributed by atoms with Crippen molar-refractivity contribution in [3.05, 3.63) is 34.3 Å². The van der Waals surface area contributed by atoms with Gasteiger partial charge in [0.15, 0.2) is 0 Å². The van der Waals surface area contributed by atoms with Crippen LogP contribution in [0.15, 0.2) is 28.7 Å². The van der Waals surface area contributed by atoms with Crippen molar-refractivity contribution in [3.63, 3.8) is 0 Å². The van der Waals surface area contributed by atoms with E-state index in [0.29, 0.717) is 6.54 Å². The maximum atomic E-state index is 12.1. The van der Waals surface area contributed by atoms with E-state index in [1.807, 2.05) is 38.1 Å². The fraction of sp³-hybridized carbons (Fsp3) is 0.429. The Bertz CT molecular complexity index is 497. The van der Waals surface area contributed by atoms with Crippen LogP contribution in [0.25, 0.3) is 0 Å². The van der Waals surface area contributed by atoms with Gasteiger partial charge < -0.3 is 10.6 Å². The molecule has 1 aliphatic rings. The van der Waals surface area contributed by atoms with Crippen molar-refractivity contribution in [1.29, 1.82) is 0 Å². The normalized spacial score (nSPS) is 19.1. The molecule has 1 aliphatic heterocycles. The Morgan fingerprint density at radius 3 is 2.53 bits per heavy atom. The van der Waals surface area contributed by atoms with Crippen LogP contribution in [-0.2, 0) is 15.1 Å². The number of nitrogens with one attached hydrogen (secondary N) is 2. The minimum atomic E-state index is -0.455. The van der Waals surface area contributed by atoms with Crippen LogP contribution in [0.5, 0.6) is 0 Å². The van der Waals surface area contributed by atoms with Gasteiger partial charge in [0.25, 0.3) is 0 Å². The summed E-state index contributed by atoms with van der Waals surface area (Å²) in [5, 5.41) is 5.69. The molecule has 5 heteroatoms. The van der Waals surface area contributed by atoms with E-state index in [1.165, 1.54) is 0 Å². The zero-order valence-electron chi connectivity index (χ0n) is 11.0. The number of rotatable bonds is 3. The first-order valence-electron chi connectivity index (χ1n) is 6.23. The quantitative estimate of drug-likeness (QED) is 0.892. The lowest BCUT2D eigenvalue weighted by Crippen LogP contribution is -2.44. The fourth-order valence-corrected chi connectivity index (χ4v) is 2.40. The standard InChI is InChI=1S/C14H17BrN2O2/c1-14(2,10-3-5-11(15)6-4-10)17-13(19)9-7-12(18)16-8-9/h3-6,9H,7-8H2,1-2H3,(H,16,18)(H,17,19). The van der Waals surface area contributed by atoms with Crippen molar-refractivity contribution in [3.8, 4) is 0 Å². The molecule has 2 rings (SSSR count). The molecule has 0 aromatic heterocycles. The first kappa shape index (κ1) is 14.1. The Morgan fingerprint density at radius 1 is 1.37 bits per heavy atom. The van der Waals surface area contributed by atoms with Crippen LogP contribution in [0.4, 0.5) is 0 Å². The van der Waals surface area contributed by atoms with Crippen LogP contribution >= 0.6 is 15.9 Å². The third-order valence-electron chi connectivity index (χ3n) is 3.35. The number of hydrogen-bond acceptors (Lipinski definition) is 2. The van der Waals surface area contributed by atoms with E-state index in [1.54, 1.807) is 0 Å². The number of hydrogen-bond donors (Lipinski definition) is 2. The molecule has 1 fully saturated rings. The van der Waals surface area contributed by atoms with E-state index in [4.69, 9.17) is 0 Å². The molecule has 1 heterocycles. The fourth-order valence-electron chi connectivity index (χ4n) is 2.14. The van der Waals surface area contributed by atoms with Gasteiger partial charge >= 0.3 is 0 Å². The smallest absolute Gasteiger partial charge is 0.226 e. The molecule has 2 amide bonds. The van der Waals surface area contributed by atoms with E-state index in [2.05, 4.69) is 26.6 Å². The van der Waals surface area contributed by atoms with Gasteiger partial charge in [-0.05, 0) is 31.5 Å². The minimum absolute atomic E-state index is 0.0541. The van der Waals surface area contributed by atoms with Crippen molar-refractivity contribution in [2.24, 2.45) is 5.92 Å². The maximum absolute atomic E-state index is 12.1. The number of halogens is 1. The van der Waals surface area contributed by atoms with E-state index in [9.17, 15) is 9.59 Å². The Hall–Kier alpha value is -1.36. The molecule has 4 nitrogen and oxygen atoms in total. The zero-order valence-corrected chi connectivity index (χ0v) is 12.6. The number of carbonyl (C=O) groups is 2. The molecule has 1 aromatic carbocycles. The Labute approximate surface area is 121 Å². The zero-order chi connectivity index (χ0) is 14.0. The summed E-state index contributed by atoms with van der Waals surface area (Å²) in [5.74, 6) is -0.393. The highest BCUT2D eigenvalue weighted by atomic mass is 79.9. The van der Waals surface area contributed by atoms with Gasteiger partial charge in [-0.25, -0.2) is 0 Å². The van der Waals surface area contributed by atoms with Crippen LogP contribution in [0.2, 0.25) is 0 Å². The number of benzene rings is 1. The lowest BCUT2D eigenvalue weighted by molar-refractivity contribution is -0.127. The van der Waals surface area contributed by atoms with Crippen molar-refractivity contribution < 1.29 is 9.59 Å². The van der Waals surface area contributed by atoms with E-state index in [0.717, 1.165) is 10.0 Å². The highest BCUT2D eigenvalue weighted by molar-refractivity contribution is 9.10. The maximum Gasteiger partial charge on any atom is 0.226 e. The largest absolute Gasteiger partial charge is 0.355 e. The predicted molar refractivity (Wildman–Crippen MR) is 76.4 cm³/mol. The minimum Gasteiger partial charge on any atom is -0.355 e. The monoisotopic (exact) mass is 324 g/mol. The van der Waals surface area contributed by atoms with Crippen LogP contribution in [0.3, 0.4) is 0 Å². The molecular formula is C14H17BrN2O2. The van der Waals surface area contributed by atoms with Gasteiger partial charge in [-0.2, -0.15) is 0 Å². The molecule has 19 heavy (non-hydrogen) atoms. The van der Waals surface area contributed by atoms with Crippen molar-refractivity contribution in [2.45, 2.75) is 25.8 Å². The van der Waals surface area contributed by atoms with Crippen LogP contribution in [0.1, 0.15) is 25.8 Å². The van der Waals surface area contributed by atoms with Gasteiger partial charge in [0.2, 0.25) is 11.8 Å². The average Bonchev–Trinajstić information content (AvgIpc) is 2.76. The summed E-state index contributed by atoms with van der Waals surface area (Å²) in [5.41, 5.74) is 0.574. The lowest BCUT2D eigenvalue weighted by Gasteiger charge is -2.28. The summed E-state index contributed by atoms with van der Waals surface area (Å²) < 4.78 is 1.00. The van der Waals surface area contributed by atoms with Gasteiger partial charge in [-0.3, -0.25) is 9.59 Å². The highest BCUT2D eigenvalue weighted by Crippen LogP contribution is 2.23. The van der Waals surface area contributed by atoms with E-state index < -0.39 is 5.54 Å². The van der Waals surface area contributed by atoms with E-state index in [-0.39, 0.29) is 24.2 Å². The first-order valence-corrected chi connectivity index (χ1v) is 7.02. The van der Waals surface area contributed by atoms with Gasteiger partial charge in [-0.1, -0.05) is 28.1 Å². The molecule has 102 valence electrons.